The van der Waals surface area contributed by atoms with Crippen molar-refractivity contribution in [2.24, 2.45) is 5.73 Å². The molecule has 1 atom stereocenters. The first kappa shape index (κ1) is 12.2. The topological polar surface area (TPSA) is 46.2 Å². The highest BCUT2D eigenvalue weighted by atomic mass is 35.5. The Labute approximate surface area is 83.0 Å². The van der Waals surface area contributed by atoms with Crippen LogP contribution in [0.2, 0.25) is 0 Å². The zero-order valence-electron chi connectivity index (χ0n) is 7.33. The average Bonchev–Trinajstić information content (AvgIpc) is 2.03. The predicted octanol–water partition coefficient (Wildman–Crippen LogP) is 2.09. The zero-order valence-corrected chi connectivity index (χ0v) is 8.14. The molecule has 4 heteroatoms. The summed E-state index contributed by atoms with van der Waals surface area (Å²) in [4.78, 5) is 0. The number of phenolic OH excluding ortho intramolecular Hbond substituents is 1. The number of benzene rings is 1. The van der Waals surface area contributed by atoms with Crippen LogP contribution in [0.3, 0.4) is 0 Å². The quantitative estimate of drug-likeness (QED) is 0.777. The van der Waals surface area contributed by atoms with E-state index in [0.29, 0.717) is 5.56 Å². The van der Waals surface area contributed by atoms with Gasteiger partial charge in [0.1, 0.15) is 12.4 Å². The van der Waals surface area contributed by atoms with Crippen molar-refractivity contribution in [3.63, 3.8) is 0 Å². The number of alkyl halides is 1. The lowest BCUT2D eigenvalue weighted by Crippen LogP contribution is -2.12. The van der Waals surface area contributed by atoms with Gasteiger partial charge in [-0.25, -0.2) is 4.39 Å². The standard InChI is InChI=1S/C9H12FNO.ClH/c1-6-2-3-7(8(11)5-10)9(12)4-6;/h2-4,8,12H,5,11H2,1H3;1H/t8-;/m1./s1. The lowest BCUT2D eigenvalue weighted by molar-refractivity contribution is 0.414. The largest absolute Gasteiger partial charge is 0.508 e. The second-order valence-corrected chi connectivity index (χ2v) is 2.82. The molecule has 0 amide bonds. The van der Waals surface area contributed by atoms with E-state index in [1.54, 1.807) is 18.2 Å². The van der Waals surface area contributed by atoms with Gasteiger partial charge in [0.05, 0.1) is 6.04 Å². The van der Waals surface area contributed by atoms with Gasteiger partial charge in [-0.3, -0.25) is 0 Å². The summed E-state index contributed by atoms with van der Waals surface area (Å²) >= 11 is 0. The van der Waals surface area contributed by atoms with E-state index in [1.807, 2.05) is 6.92 Å². The Hall–Kier alpha value is -0.800. The Kier molecular flexibility index (Phi) is 4.73. The van der Waals surface area contributed by atoms with E-state index in [2.05, 4.69) is 0 Å². The average molecular weight is 206 g/mol. The van der Waals surface area contributed by atoms with Gasteiger partial charge in [0.2, 0.25) is 0 Å². The normalized spacial score (nSPS) is 11.9. The molecular weight excluding hydrogens is 193 g/mol. The molecule has 0 aliphatic heterocycles. The van der Waals surface area contributed by atoms with Crippen molar-refractivity contribution in [1.82, 2.24) is 0 Å². The van der Waals surface area contributed by atoms with Crippen LogP contribution in [-0.4, -0.2) is 11.8 Å². The van der Waals surface area contributed by atoms with Gasteiger partial charge in [0.15, 0.2) is 0 Å². The van der Waals surface area contributed by atoms with Crippen LogP contribution in [0.15, 0.2) is 18.2 Å². The third-order valence-corrected chi connectivity index (χ3v) is 1.75. The van der Waals surface area contributed by atoms with Crippen molar-refractivity contribution < 1.29 is 9.50 Å². The van der Waals surface area contributed by atoms with Crippen LogP contribution in [0.5, 0.6) is 5.75 Å². The highest BCUT2D eigenvalue weighted by Crippen LogP contribution is 2.23. The maximum Gasteiger partial charge on any atom is 0.120 e. The Morgan fingerprint density at radius 3 is 2.62 bits per heavy atom. The van der Waals surface area contributed by atoms with Gasteiger partial charge in [-0.1, -0.05) is 12.1 Å². The molecule has 0 fully saturated rings. The predicted molar refractivity (Wildman–Crippen MR) is 53.0 cm³/mol. The third kappa shape index (κ3) is 2.86. The molecule has 13 heavy (non-hydrogen) atoms. The summed E-state index contributed by atoms with van der Waals surface area (Å²) in [6.07, 6.45) is 0. The first-order valence-electron chi connectivity index (χ1n) is 3.76. The molecule has 0 saturated carbocycles. The number of halogens is 2. The molecule has 0 bridgehead atoms. The molecular formula is C9H13ClFNO. The smallest absolute Gasteiger partial charge is 0.120 e. The van der Waals surface area contributed by atoms with Crippen LogP contribution in [0.1, 0.15) is 17.2 Å². The number of hydrogen-bond acceptors (Lipinski definition) is 2. The fourth-order valence-electron chi connectivity index (χ4n) is 1.05. The third-order valence-electron chi connectivity index (χ3n) is 1.75. The second-order valence-electron chi connectivity index (χ2n) is 2.82. The van der Waals surface area contributed by atoms with Gasteiger partial charge < -0.3 is 10.8 Å². The van der Waals surface area contributed by atoms with Gasteiger partial charge in [-0.2, -0.15) is 0 Å². The Bertz CT molecular complexity index is 280. The van der Waals surface area contributed by atoms with E-state index in [0.717, 1.165) is 5.56 Å². The summed E-state index contributed by atoms with van der Waals surface area (Å²) in [5, 5.41) is 9.35. The minimum atomic E-state index is -0.717. The molecule has 0 aliphatic rings. The van der Waals surface area contributed by atoms with Crippen LogP contribution in [-0.2, 0) is 0 Å². The molecule has 0 heterocycles. The van der Waals surface area contributed by atoms with Crippen molar-refractivity contribution in [3.05, 3.63) is 29.3 Å². The number of phenols is 1. The Morgan fingerprint density at radius 2 is 2.15 bits per heavy atom. The molecule has 0 radical (unpaired) electrons. The van der Waals surface area contributed by atoms with Crippen LogP contribution in [0.25, 0.3) is 0 Å². The molecule has 1 aromatic rings. The Balaban J connectivity index is 0.00000144. The zero-order chi connectivity index (χ0) is 9.14. The fourth-order valence-corrected chi connectivity index (χ4v) is 1.05. The van der Waals surface area contributed by atoms with E-state index >= 15 is 0 Å². The lowest BCUT2D eigenvalue weighted by atomic mass is 10.1. The van der Waals surface area contributed by atoms with E-state index < -0.39 is 12.7 Å². The van der Waals surface area contributed by atoms with Gasteiger partial charge in [0, 0.05) is 5.56 Å². The van der Waals surface area contributed by atoms with Crippen molar-refractivity contribution in [3.8, 4) is 5.75 Å². The van der Waals surface area contributed by atoms with Gasteiger partial charge in [-0.05, 0) is 18.6 Å². The molecule has 0 unspecified atom stereocenters. The van der Waals surface area contributed by atoms with E-state index in [1.165, 1.54) is 0 Å². The first-order chi connectivity index (χ1) is 5.65. The first-order valence-corrected chi connectivity index (χ1v) is 3.76. The maximum atomic E-state index is 12.1. The van der Waals surface area contributed by atoms with E-state index in [-0.39, 0.29) is 18.2 Å². The lowest BCUT2D eigenvalue weighted by Gasteiger charge is -2.09. The highest BCUT2D eigenvalue weighted by molar-refractivity contribution is 5.85. The van der Waals surface area contributed by atoms with Crippen LogP contribution in [0.4, 0.5) is 4.39 Å². The maximum absolute atomic E-state index is 12.1. The van der Waals surface area contributed by atoms with Crippen molar-refractivity contribution >= 4 is 12.4 Å². The molecule has 1 aromatic carbocycles. The number of aryl methyl sites for hydroxylation is 1. The van der Waals surface area contributed by atoms with Gasteiger partial charge in [0.25, 0.3) is 0 Å². The molecule has 1 rings (SSSR count). The van der Waals surface area contributed by atoms with Crippen molar-refractivity contribution in [2.45, 2.75) is 13.0 Å². The van der Waals surface area contributed by atoms with E-state index in [4.69, 9.17) is 5.73 Å². The molecule has 0 saturated heterocycles. The van der Waals surface area contributed by atoms with E-state index in [9.17, 15) is 9.50 Å². The second kappa shape index (κ2) is 5.04. The van der Waals surface area contributed by atoms with Crippen molar-refractivity contribution in [1.29, 1.82) is 0 Å². The summed E-state index contributed by atoms with van der Waals surface area (Å²) in [6, 6.07) is 4.30. The molecule has 2 nitrogen and oxygen atoms in total. The minimum absolute atomic E-state index is 0. The fraction of sp³-hybridized carbons (Fsp3) is 0.333. The highest BCUT2D eigenvalue weighted by Gasteiger charge is 2.09. The Morgan fingerprint density at radius 1 is 1.54 bits per heavy atom. The monoisotopic (exact) mass is 205 g/mol. The number of nitrogens with two attached hydrogens (primary N) is 1. The minimum Gasteiger partial charge on any atom is -0.508 e. The van der Waals surface area contributed by atoms with Crippen LogP contribution >= 0.6 is 12.4 Å². The SMILES string of the molecule is Cc1ccc([C@H](N)CF)c(O)c1.Cl. The summed E-state index contributed by atoms with van der Waals surface area (Å²) in [6.45, 7) is 1.20. The molecule has 74 valence electrons. The number of rotatable bonds is 2. The van der Waals surface area contributed by atoms with Crippen LogP contribution in [0, 0.1) is 6.92 Å². The summed E-state index contributed by atoms with van der Waals surface area (Å²) < 4.78 is 12.1. The molecule has 0 aliphatic carbocycles. The summed E-state index contributed by atoms with van der Waals surface area (Å²) in [5.74, 6) is 0.0696. The number of aromatic hydroxyl groups is 1. The van der Waals surface area contributed by atoms with Crippen LogP contribution < -0.4 is 5.73 Å². The molecule has 0 spiro atoms. The molecule has 0 aromatic heterocycles. The summed E-state index contributed by atoms with van der Waals surface area (Å²) in [7, 11) is 0. The molecule has 3 N–H and O–H groups in total. The summed E-state index contributed by atoms with van der Waals surface area (Å²) in [5.41, 5.74) is 6.80. The number of hydrogen-bond donors (Lipinski definition) is 2. The van der Waals surface area contributed by atoms with Gasteiger partial charge >= 0.3 is 0 Å². The van der Waals surface area contributed by atoms with Crippen molar-refractivity contribution in [2.75, 3.05) is 6.67 Å². The van der Waals surface area contributed by atoms with Gasteiger partial charge in [-0.15, -0.1) is 12.4 Å².